The van der Waals surface area contributed by atoms with E-state index in [1.54, 1.807) is 18.3 Å². The Morgan fingerprint density at radius 2 is 2.00 bits per heavy atom. The van der Waals surface area contributed by atoms with E-state index in [4.69, 9.17) is 4.74 Å². The fourth-order valence-corrected chi connectivity index (χ4v) is 4.95. The number of anilines is 1. The maximum atomic E-state index is 13.8. The predicted molar refractivity (Wildman–Crippen MR) is 138 cm³/mol. The van der Waals surface area contributed by atoms with E-state index in [0.717, 1.165) is 28.5 Å². The number of pyridine rings is 2. The maximum absolute atomic E-state index is 13.8. The van der Waals surface area contributed by atoms with Crippen LogP contribution in [0.1, 0.15) is 47.0 Å². The molecule has 2 aliphatic rings. The maximum Gasteiger partial charge on any atom is 0.259 e. The third-order valence-electron chi connectivity index (χ3n) is 6.74. The van der Waals surface area contributed by atoms with E-state index < -0.39 is 6.04 Å². The molecule has 35 heavy (non-hydrogen) atoms. The third-order valence-corrected chi connectivity index (χ3v) is 6.74. The lowest BCUT2D eigenvalue weighted by molar-refractivity contribution is 0.0936. The molecular formula is C28H30N4O3. The Hall–Kier alpha value is -3.71. The van der Waals surface area contributed by atoms with E-state index in [1.807, 2.05) is 60.9 Å². The van der Waals surface area contributed by atoms with E-state index in [2.05, 4.69) is 21.3 Å². The summed E-state index contributed by atoms with van der Waals surface area (Å²) in [6.45, 7) is 6.50. The van der Waals surface area contributed by atoms with Gasteiger partial charge in [0, 0.05) is 25.0 Å². The summed E-state index contributed by atoms with van der Waals surface area (Å²) < 4.78 is 7.30. The minimum atomic E-state index is -0.392. The zero-order valence-electron chi connectivity index (χ0n) is 20.1. The van der Waals surface area contributed by atoms with Crippen LogP contribution in [-0.2, 0) is 4.74 Å². The van der Waals surface area contributed by atoms with E-state index >= 15 is 0 Å². The summed E-state index contributed by atoms with van der Waals surface area (Å²) in [5.74, 6) is 0.446. The number of benzene rings is 1. The zero-order chi connectivity index (χ0) is 24.4. The lowest BCUT2D eigenvalue weighted by atomic mass is 10.0. The second-order valence-electron chi connectivity index (χ2n) is 9.07. The van der Waals surface area contributed by atoms with Crippen LogP contribution in [0.3, 0.4) is 0 Å². The lowest BCUT2D eigenvalue weighted by Gasteiger charge is -2.29. The average molecular weight is 471 g/mol. The number of aryl methyl sites for hydroxylation is 1. The van der Waals surface area contributed by atoms with E-state index in [9.17, 15) is 9.59 Å². The fraction of sp³-hybridized carbons (Fsp3) is 0.321. The Bertz CT molecular complexity index is 1370. The first-order valence-electron chi connectivity index (χ1n) is 12.1. The molecule has 0 bridgehead atoms. The fourth-order valence-electron chi connectivity index (χ4n) is 4.95. The topological polar surface area (TPSA) is 76.5 Å². The Labute approximate surface area is 204 Å². The van der Waals surface area contributed by atoms with Gasteiger partial charge in [-0.3, -0.25) is 9.59 Å². The number of aromatic nitrogens is 2. The van der Waals surface area contributed by atoms with Crippen LogP contribution < -0.4 is 15.8 Å². The van der Waals surface area contributed by atoms with Crippen LogP contribution in [0.15, 0.2) is 71.7 Å². The number of amides is 1. The van der Waals surface area contributed by atoms with Gasteiger partial charge in [-0.15, -0.1) is 0 Å². The quantitative estimate of drug-likeness (QED) is 0.608. The van der Waals surface area contributed by atoms with Crippen molar-refractivity contribution in [2.45, 2.75) is 32.4 Å². The summed E-state index contributed by atoms with van der Waals surface area (Å²) in [5, 5.41) is 4.74. The van der Waals surface area contributed by atoms with E-state index in [0.29, 0.717) is 37.7 Å². The molecule has 1 N–H and O–H groups in total. The van der Waals surface area contributed by atoms with Crippen molar-refractivity contribution in [1.29, 1.82) is 0 Å². The van der Waals surface area contributed by atoms with Gasteiger partial charge in [-0.25, -0.2) is 4.98 Å². The molecule has 1 aromatic carbocycles. The van der Waals surface area contributed by atoms with Crippen molar-refractivity contribution in [3.8, 4) is 0 Å². The van der Waals surface area contributed by atoms with Crippen LogP contribution >= 0.6 is 0 Å². The molecule has 5 rings (SSSR count). The monoisotopic (exact) mass is 470 g/mol. The highest BCUT2D eigenvalue weighted by Gasteiger charge is 2.24. The first kappa shape index (κ1) is 23.1. The summed E-state index contributed by atoms with van der Waals surface area (Å²) in [6.07, 6.45) is 10.5. The van der Waals surface area contributed by atoms with Gasteiger partial charge in [0.05, 0.1) is 36.2 Å². The number of rotatable bonds is 5. The standard InChI is InChI=1S/C28H30N4O3/c1-19-8-6-9-21-18-24(32(28(34)25(19)21)22-10-4-3-5-11-22)20(2)30-27(33)23-12-7-13-29-26(23)31-14-16-35-17-15-31/h3-10,12-13,18,20,22H,11,14-17H2,1-2H3,(H,30,33)/t20-,22?/m0/s1. The van der Waals surface area contributed by atoms with Crippen molar-refractivity contribution >= 4 is 22.5 Å². The molecular weight excluding hydrogens is 440 g/mol. The minimum absolute atomic E-state index is 0.0305. The highest BCUT2D eigenvalue weighted by Crippen LogP contribution is 2.27. The van der Waals surface area contributed by atoms with Gasteiger partial charge in [-0.2, -0.15) is 0 Å². The van der Waals surface area contributed by atoms with Crippen LogP contribution in [0.4, 0.5) is 5.82 Å². The van der Waals surface area contributed by atoms with Gasteiger partial charge < -0.3 is 19.5 Å². The molecule has 7 nitrogen and oxygen atoms in total. The van der Waals surface area contributed by atoms with Crippen LogP contribution in [0.25, 0.3) is 10.8 Å². The first-order chi connectivity index (χ1) is 17.0. The van der Waals surface area contributed by atoms with Crippen molar-refractivity contribution in [2.75, 3.05) is 31.2 Å². The second-order valence-corrected chi connectivity index (χ2v) is 9.07. The third kappa shape index (κ3) is 4.51. The molecule has 7 heteroatoms. The molecule has 0 spiro atoms. The number of allylic oxidation sites excluding steroid dienone is 4. The van der Waals surface area contributed by atoms with Gasteiger partial charge in [0.2, 0.25) is 0 Å². The highest BCUT2D eigenvalue weighted by molar-refractivity contribution is 5.99. The summed E-state index contributed by atoms with van der Waals surface area (Å²) in [7, 11) is 0. The molecule has 0 saturated carbocycles. The van der Waals surface area contributed by atoms with Crippen molar-refractivity contribution in [3.05, 3.63) is 94.1 Å². The van der Waals surface area contributed by atoms with Gasteiger partial charge >= 0.3 is 0 Å². The Kier molecular flexibility index (Phi) is 6.51. The van der Waals surface area contributed by atoms with Crippen molar-refractivity contribution < 1.29 is 9.53 Å². The Balaban J connectivity index is 1.52. The molecule has 2 aromatic heterocycles. The first-order valence-corrected chi connectivity index (χ1v) is 12.1. The van der Waals surface area contributed by atoms with Crippen LogP contribution in [0.2, 0.25) is 0 Å². The number of ether oxygens (including phenoxy) is 1. The Morgan fingerprint density at radius 1 is 1.17 bits per heavy atom. The Morgan fingerprint density at radius 3 is 2.77 bits per heavy atom. The number of nitrogens with zero attached hydrogens (tertiary/aromatic N) is 3. The molecule has 3 aromatic rings. The molecule has 0 radical (unpaired) electrons. The van der Waals surface area contributed by atoms with Crippen LogP contribution in [-0.4, -0.2) is 41.8 Å². The number of hydrogen-bond donors (Lipinski definition) is 1. The summed E-state index contributed by atoms with van der Waals surface area (Å²) in [4.78, 5) is 33.8. The normalized spacial score (nSPS) is 18.6. The minimum Gasteiger partial charge on any atom is -0.378 e. The molecule has 1 saturated heterocycles. The van der Waals surface area contributed by atoms with Gasteiger partial charge in [0.1, 0.15) is 5.82 Å². The smallest absolute Gasteiger partial charge is 0.259 e. The van der Waals surface area contributed by atoms with Gasteiger partial charge in [-0.1, -0.05) is 42.5 Å². The molecule has 3 heterocycles. The number of carbonyl (C=O) groups excluding carboxylic acids is 1. The van der Waals surface area contributed by atoms with Gasteiger partial charge in [0.15, 0.2) is 0 Å². The molecule has 180 valence electrons. The molecule has 2 atom stereocenters. The summed E-state index contributed by atoms with van der Waals surface area (Å²) >= 11 is 0. The van der Waals surface area contributed by atoms with Gasteiger partial charge in [-0.05, 0) is 49.4 Å². The number of fused-ring (bicyclic) bond motifs is 1. The number of carbonyl (C=O) groups is 1. The second kappa shape index (κ2) is 9.88. The lowest BCUT2D eigenvalue weighted by Crippen LogP contribution is -2.39. The summed E-state index contributed by atoms with van der Waals surface area (Å²) in [5.41, 5.74) is 2.22. The SMILES string of the molecule is Cc1cccc2cc([C@H](C)NC(=O)c3cccnc3N3CCOCC3)n(C3C=CC=CC3)c(=O)c12. The van der Waals surface area contributed by atoms with Crippen LogP contribution in [0, 0.1) is 6.92 Å². The largest absolute Gasteiger partial charge is 0.378 e. The van der Waals surface area contributed by atoms with E-state index in [1.165, 1.54) is 0 Å². The molecule has 1 unspecified atom stereocenters. The highest BCUT2D eigenvalue weighted by atomic mass is 16.5. The molecule has 1 fully saturated rings. The molecule has 1 aliphatic carbocycles. The predicted octanol–water partition coefficient (Wildman–Crippen LogP) is 4.09. The average Bonchev–Trinajstić information content (AvgIpc) is 2.89. The van der Waals surface area contributed by atoms with Crippen molar-refractivity contribution in [2.24, 2.45) is 0 Å². The summed E-state index contributed by atoms with van der Waals surface area (Å²) in [6, 6.07) is 11.0. The molecule has 1 amide bonds. The number of nitrogens with one attached hydrogen (secondary N) is 1. The van der Waals surface area contributed by atoms with Crippen molar-refractivity contribution in [1.82, 2.24) is 14.9 Å². The van der Waals surface area contributed by atoms with Crippen LogP contribution in [0.5, 0.6) is 0 Å². The van der Waals surface area contributed by atoms with Crippen molar-refractivity contribution in [3.63, 3.8) is 0 Å². The number of hydrogen-bond acceptors (Lipinski definition) is 5. The number of morpholine rings is 1. The zero-order valence-corrected chi connectivity index (χ0v) is 20.1. The molecule has 1 aliphatic heterocycles. The van der Waals surface area contributed by atoms with E-state index in [-0.39, 0.29) is 17.5 Å². The van der Waals surface area contributed by atoms with Gasteiger partial charge in [0.25, 0.3) is 11.5 Å².